The molecule has 3 aromatic rings. The molecule has 2 aromatic carbocycles. The molecule has 1 N–H and O–H groups in total. The average Bonchev–Trinajstić information content (AvgIpc) is 3.32. The van der Waals surface area contributed by atoms with E-state index in [2.05, 4.69) is 42.5 Å². The summed E-state index contributed by atoms with van der Waals surface area (Å²) in [5.74, 6) is 1.93. The lowest BCUT2D eigenvalue weighted by Crippen LogP contribution is -2.34. The van der Waals surface area contributed by atoms with Crippen LogP contribution in [0.25, 0.3) is 11.0 Å². The van der Waals surface area contributed by atoms with Crippen LogP contribution >= 0.6 is 0 Å². The predicted molar refractivity (Wildman–Crippen MR) is 176 cm³/mol. The molecule has 4 rings (SSSR count). The molecule has 1 aromatic heterocycles. The number of aryl methyl sites for hydroxylation is 1. The topological polar surface area (TPSA) is 87.5 Å². The lowest BCUT2D eigenvalue weighted by atomic mass is 10.1. The summed E-state index contributed by atoms with van der Waals surface area (Å²) in [5.41, 5.74) is 3.51. The van der Waals surface area contributed by atoms with Gasteiger partial charge in [-0.05, 0) is 99.5 Å². The normalized spacial score (nSPS) is 14.6. The molecule has 1 aliphatic rings. The van der Waals surface area contributed by atoms with Gasteiger partial charge in [0.15, 0.2) is 9.84 Å². The lowest BCUT2D eigenvalue weighted by molar-refractivity contribution is 0.0741. The number of hydrogen-bond donors (Lipinski definition) is 1. The smallest absolute Gasteiger partial charge is 0.253 e. The van der Waals surface area contributed by atoms with E-state index in [0.717, 1.165) is 68.0 Å². The Balaban J connectivity index is 1.58. The second-order valence-corrected chi connectivity index (χ2v) is 15.0. The van der Waals surface area contributed by atoms with Gasteiger partial charge in [-0.25, -0.2) is 13.4 Å². The van der Waals surface area contributed by atoms with Gasteiger partial charge in [0.1, 0.15) is 0 Å². The van der Waals surface area contributed by atoms with E-state index in [1.54, 1.807) is 12.1 Å². The number of hydrogen-bond acceptors (Lipinski definition) is 6. The number of nitrogens with one attached hydrogen (secondary N) is 1. The van der Waals surface area contributed by atoms with E-state index in [1.165, 1.54) is 38.6 Å². The summed E-state index contributed by atoms with van der Waals surface area (Å²) in [6, 6.07) is 12.9. The lowest BCUT2D eigenvalue weighted by Gasteiger charge is -2.26. The first kappa shape index (κ1) is 33.0. The largest absolute Gasteiger partial charge is 0.352 e. The first-order valence-corrected chi connectivity index (χ1v) is 17.9. The molecule has 0 bridgehead atoms. The van der Waals surface area contributed by atoms with Crippen LogP contribution in [0.4, 0.5) is 5.95 Å². The van der Waals surface area contributed by atoms with Gasteiger partial charge in [-0.2, -0.15) is 0 Å². The number of imidazole rings is 1. The Labute approximate surface area is 258 Å². The number of piperidine rings is 1. The second kappa shape index (κ2) is 15.2. The van der Waals surface area contributed by atoms with Gasteiger partial charge in [-0.3, -0.25) is 4.79 Å². The van der Waals surface area contributed by atoms with Crippen LogP contribution in [0.2, 0.25) is 0 Å². The summed E-state index contributed by atoms with van der Waals surface area (Å²) in [4.78, 5) is 23.6. The fraction of sp³-hybridized carbons (Fsp3) is 0.588. The zero-order chi connectivity index (χ0) is 31.0. The highest BCUT2D eigenvalue weighted by Gasteiger charge is 2.20. The number of anilines is 1. The van der Waals surface area contributed by atoms with Crippen molar-refractivity contribution in [1.29, 1.82) is 0 Å². The minimum atomic E-state index is -3.24. The van der Waals surface area contributed by atoms with Crippen LogP contribution < -0.4 is 5.32 Å². The van der Waals surface area contributed by atoms with E-state index in [-0.39, 0.29) is 5.91 Å². The zero-order valence-corrected chi connectivity index (χ0v) is 27.6. The maximum absolute atomic E-state index is 13.8. The van der Waals surface area contributed by atoms with Crippen molar-refractivity contribution in [2.24, 2.45) is 11.8 Å². The van der Waals surface area contributed by atoms with E-state index < -0.39 is 9.84 Å². The molecule has 0 aliphatic carbocycles. The number of nitrogens with zero attached hydrogens (tertiary/aromatic N) is 4. The van der Waals surface area contributed by atoms with Gasteiger partial charge in [0, 0.05) is 38.0 Å². The molecule has 2 heterocycles. The van der Waals surface area contributed by atoms with Crippen LogP contribution in [-0.4, -0.2) is 72.7 Å². The quantitative estimate of drug-likeness (QED) is 0.213. The van der Waals surface area contributed by atoms with E-state index in [1.807, 2.05) is 35.2 Å². The van der Waals surface area contributed by atoms with Gasteiger partial charge < -0.3 is 19.7 Å². The molecule has 1 amide bonds. The van der Waals surface area contributed by atoms with Crippen LogP contribution in [0.1, 0.15) is 82.1 Å². The van der Waals surface area contributed by atoms with Crippen LogP contribution in [0.5, 0.6) is 0 Å². The van der Waals surface area contributed by atoms with E-state index in [4.69, 9.17) is 4.98 Å². The number of amides is 1. The van der Waals surface area contributed by atoms with Crippen molar-refractivity contribution >= 4 is 32.7 Å². The number of benzene rings is 2. The van der Waals surface area contributed by atoms with Gasteiger partial charge in [-0.1, -0.05) is 46.2 Å². The highest BCUT2D eigenvalue weighted by Crippen LogP contribution is 2.24. The third kappa shape index (κ3) is 9.54. The molecule has 1 saturated heterocycles. The average molecular weight is 610 g/mol. The van der Waals surface area contributed by atoms with Crippen LogP contribution in [0, 0.1) is 11.8 Å². The van der Waals surface area contributed by atoms with Gasteiger partial charge in [0.2, 0.25) is 5.95 Å². The number of sulfone groups is 1. The van der Waals surface area contributed by atoms with E-state index >= 15 is 0 Å². The molecule has 1 fully saturated rings. The number of rotatable bonds is 15. The van der Waals surface area contributed by atoms with Crippen molar-refractivity contribution < 1.29 is 13.2 Å². The van der Waals surface area contributed by atoms with Crippen LogP contribution in [-0.2, 0) is 22.9 Å². The summed E-state index contributed by atoms with van der Waals surface area (Å²) in [5, 5.41) is 3.50. The van der Waals surface area contributed by atoms with E-state index in [9.17, 15) is 13.2 Å². The minimum Gasteiger partial charge on any atom is -0.352 e. The Hall–Kier alpha value is -2.91. The molecule has 0 saturated carbocycles. The second-order valence-electron chi connectivity index (χ2n) is 13.0. The molecule has 236 valence electrons. The standard InChI is InChI=1S/C34H51N5O3S/c1-26(2)16-22-38(23-17-27(3)4)33(40)29-12-15-31-32(24-29)39(21-9-20-37-18-7-6-8-19-37)34(36-31)35-25-28-10-13-30(14-11-28)43(5,41)42/h10-15,24,26-27H,6-9,16-23,25H2,1-5H3,(H,35,36). The number of carbonyl (C=O) groups is 1. The van der Waals surface area contributed by atoms with Gasteiger partial charge in [0.05, 0.1) is 15.9 Å². The van der Waals surface area contributed by atoms with Crippen molar-refractivity contribution in [3.63, 3.8) is 0 Å². The number of aromatic nitrogens is 2. The molecule has 9 heteroatoms. The molecule has 0 atom stereocenters. The fourth-order valence-corrected chi connectivity index (χ4v) is 6.24. The third-order valence-corrected chi connectivity index (χ3v) is 9.47. The Morgan fingerprint density at radius 1 is 0.930 bits per heavy atom. The van der Waals surface area contributed by atoms with Gasteiger partial charge in [0.25, 0.3) is 5.91 Å². The molecule has 0 spiro atoms. The maximum atomic E-state index is 13.8. The van der Waals surface area contributed by atoms with Crippen molar-refractivity contribution in [2.75, 3.05) is 44.3 Å². The maximum Gasteiger partial charge on any atom is 0.253 e. The molecular formula is C34H51N5O3S. The number of fused-ring (bicyclic) bond motifs is 1. The van der Waals surface area contributed by atoms with Crippen molar-refractivity contribution in [3.05, 3.63) is 53.6 Å². The number of carbonyl (C=O) groups excluding carboxylic acids is 1. The Bertz CT molecular complexity index is 1430. The Morgan fingerprint density at radius 2 is 1.58 bits per heavy atom. The highest BCUT2D eigenvalue weighted by molar-refractivity contribution is 7.90. The molecular weight excluding hydrogens is 558 g/mol. The van der Waals surface area contributed by atoms with Crippen molar-refractivity contribution in [1.82, 2.24) is 19.4 Å². The molecule has 43 heavy (non-hydrogen) atoms. The first-order valence-electron chi connectivity index (χ1n) is 16.1. The summed E-state index contributed by atoms with van der Waals surface area (Å²) < 4.78 is 26.0. The summed E-state index contributed by atoms with van der Waals surface area (Å²) >= 11 is 0. The Kier molecular flexibility index (Phi) is 11.7. The summed E-state index contributed by atoms with van der Waals surface area (Å²) in [6.45, 7) is 15.0. The summed E-state index contributed by atoms with van der Waals surface area (Å²) in [7, 11) is -3.24. The third-order valence-electron chi connectivity index (χ3n) is 8.34. The van der Waals surface area contributed by atoms with Crippen molar-refractivity contribution in [3.8, 4) is 0 Å². The van der Waals surface area contributed by atoms with Crippen molar-refractivity contribution in [2.45, 2.75) is 84.2 Å². The Morgan fingerprint density at radius 3 is 2.19 bits per heavy atom. The van der Waals surface area contributed by atoms with Gasteiger partial charge >= 0.3 is 0 Å². The minimum absolute atomic E-state index is 0.0877. The monoisotopic (exact) mass is 609 g/mol. The highest BCUT2D eigenvalue weighted by atomic mass is 32.2. The molecule has 8 nitrogen and oxygen atoms in total. The SMILES string of the molecule is CC(C)CCN(CCC(C)C)C(=O)c1ccc2nc(NCc3ccc(S(C)(=O)=O)cc3)n(CCCN3CCCCC3)c2c1. The zero-order valence-electron chi connectivity index (χ0n) is 26.8. The molecule has 0 unspecified atom stereocenters. The fourth-order valence-electron chi connectivity index (χ4n) is 5.61. The van der Waals surface area contributed by atoms with E-state index in [0.29, 0.717) is 28.8 Å². The predicted octanol–water partition coefficient (Wildman–Crippen LogP) is 6.46. The van der Waals surface area contributed by atoms with Crippen LogP contribution in [0.15, 0.2) is 47.4 Å². The first-order chi connectivity index (χ1) is 20.5. The summed E-state index contributed by atoms with van der Waals surface area (Å²) in [6.07, 6.45) is 8.06. The molecule has 1 aliphatic heterocycles. The molecule has 0 radical (unpaired) electrons. The number of likely N-dealkylation sites (tertiary alicyclic amines) is 1. The van der Waals surface area contributed by atoms with Gasteiger partial charge in [-0.15, -0.1) is 0 Å². The van der Waals surface area contributed by atoms with Crippen LogP contribution in [0.3, 0.4) is 0 Å².